The Morgan fingerprint density at radius 2 is 1.11 bits per heavy atom. The Kier molecular flexibility index (Phi) is 8.04. The van der Waals surface area contributed by atoms with Gasteiger partial charge in [-0.25, -0.2) is 4.98 Å². The van der Waals surface area contributed by atoms with Gasteiger partial charge in [-0.05, 0) is 94.6 Å². The summed E-state index contributed by atoms with van der Waals surface area (Å²) in [4.78, 5) is 5.48. The molecule has 3 heterocycles. The molecule has 10 rings (SSSR count). The van der Waals surface area contributed by atoms with Crippen LogP contribution in [-0.2, 0) is 0 Å². The Hall–Kier alpha value is -6.65. The number of imidazole rings is 1. The zero-order valence-corrected chi connectivity index (χ0v) is 32.3. The van der Waals surface area contributed by atoms with E-state index in [1.165, 1.54) is 27.9 Å². The molecule has 0 fully saturated rings. The zero-order valence-electron chi connectivity index (χ0n) is 32.3. The van der Waals surface area contributed by atoms with Crippen molar-refractivity contribution < 1.29 is 8.83 Å². The molecule has 7 aromatic carbocycles. The molecule has 0 saturated heterocycles. The van der Waals surface area contributed by atoms with Gasteiger partial charge in [0.05, 0.1) is 22.3 Å². The first-order valence-corrected chi connectivity index (χ1v) is 19.6. The van der Waals surface area contributed by atoms with Gasteiger partial charge in [0, 0.05) is 27.3 Å². The van der Waals surface area contributed by atoms with Crippen LogP contribution in [0.25, 0.3) is 94.6 Å². The van der Waals surface area contributed by atoms with Gasteiger partial charge >= 0.3 is 0 Å². The SMILES string of the molecule is Cc1c(-c2ccccc2)oc2cc(-c3nc4ccccc4n3-c3c(C(C)C)cc(-c4ccccc4)cc3C(C)C)c3oc4cc(-c5ccccc5)ccc4c3c12. The molecule has 0 aliphatic carbocycles. The van der Waals surface area contributed by atoms with Crippen LogP contribution in [0, 0.1) is 6.92 Å². The molecule has 0 saturated carbocycles. The lowest BCUT2D eigenvalue weighted by Crippen LogP contribution is -2.09. The van der Waals surface area contributed by atoms with E-state index < -0.39 is 0 Å². The summed E-state index contributed by atoms with van der Waals surface area (Å²) in [7, 11) is 0. The van der Waals surface area contributed by atoms with Crippen molar-refractivity contribution in [2.45, 2.75) is 46.5 Å². The van der Waals surface area contributed by atoms with Crippen LogP contribution in [0.4, 0.5) is 0 Å². The van der Waals surface area contributed by atoms with Crippen LogP contribution in [0.15, 0.2) is 160 Å². The number of furan rings is 2. The Bertz CT molecular complexity index is 3040. The van der Waals surface area contributed by atoms with Crippen LogP contribution in [0.5, 0.6) is 0 Å². The number of rotatable bonds is 7. The Balaban J connectivity index is 1.33. The first-order chi connectivity index (χ1) is 27.4. The predicted molar refractivity (Wildman–Crippen MR) is 233 cm³/mol. The third-order valence-corrected chi connectivity index (χ3v) is 11.3. The first-order valence-electron chi connectivity index (χ1n) is 19.6. The molecular formula is C52H42N2O2. The lowest BCUT2D eigenvalue weighted by Gasteiger charge is -2.24. The summed E-state index contributed by atoms with van der Waals surface area (Å²) in [6.07, 6.45) is 0. The molecule has 0 radical (unpaired) electrons. The highest BCUT2D eigenvalue weighted by Crippen LogP contribution is 2.48. The van der Waals surface area contributed by atoms with E-state index in [0.29, 0.717) is 0 Å². The highest BCUT2D eigenvalue weighted by molar-refractivity contribution is 6.23. The van der Waals surface area contributed by atoms with Gasteiger partial charge in [-0.1, -0.05) is 137 Å². The van der Waals surface area contributed by atoms with Crippen LogP contribution >= 0.6 is 0 Å². The van der Waals surface area contributed by atoms with Crippen LogP contribution < -0.4 is 0 Å². The summed E-state index contributed by atoms with van der Waals surface area (Å²) in [6.45, 7) is 11.3. The molecule has 0 atom stereocenters. The van der Waals surface area contributed by atoms with Crippen molar-refractivity contribution in [2.75, 3.05) is 0 Å². The maximum atomic E-state index is 7.10. The lowest BCUT2D eigenvalue weighted by molar-refractivity contribution is 0.628. The molecule has 56 heavy (non-hydrogen) atoms. The molecule has 0 aliphatic heterocycles. The number of para-hydroxylation sites is 2. The van der Waals surface area contributed by atoms with E-state index in [4.69, 9.17) is 13.8 Å². The van der Waals surface area contributed by atoms with Crippen LogP contribution in [0.3, 0.4) is 0 Å². The van der Waals surface area contributed by atoms with Crippen molar-refractivity contribution in [3.63, 3.8) is 0 Å². The third kappa shape index (κ3) is 5.39. The summed E-state index contributed by atoms with van der Waals surface area (Å²) in [5.74, 6) is 2.17. The van der Waals surface area contributed by atoms with Gasteiger partial charge in [-0.15, -0.1) is 0 Å². The van der Waals surface area contributed by atoms with Crippen LogP contribution in [0.1, 0.15) is 56.2 Å². The molecule has 272 valence electrons. The zero-order chi connectivity index (χ0) is 38.1. The smallest absolute Gasteiger partial charge is 0.149 e. The van der Waals surface area contributed by atoms with Crippen molar-refractivity contribution >= 4 is 43.9 Å². The molecule has 0 amide bonds. The quantitative estimate of drug-likeness (QED) is 0.164. The molecule has 4 nitrogen and oxygen atoms in total. The minimum atomic E-state index is 0.242. The second-order valence-electron chi connectivity index (χ2n) is 15.5. The molecule has 0 aliphatic rings. The summed E-state index contributed by atoms with van der Waals surface area (Å²) in [5, 5.41) is 3.16. The van der Waals surface area contributed by atoms with Gasteiger partial charge in [0.2, 0.25) is 0 Å². The highest BCUT2D eigenvalue weighted by Gasteiger charge is 2.28. The average Bonchev–Trinajstić information content (AvgIpc) is 3.91. The number of hydrogen-bond acceptors (Lipinski definition) is 3. The number of aryl methyl sites for hydroxylation is 1. The first kappa shape index (κ1) is 33.9. The maximum absolute atomic E-state index is 7.10. The third-order valence-electron chi connectivity index (χ3n) is 11.3. The van der Waals surface area contributed by atoms with Gasteiger partial charge in [-0.3, -0.25) is 4.57 Å². The van der Waals surface area contributed by atoms with Crippen molar-refractivity contribution in [1.82, 2.24) is 9.55 Å². The number of fused-ring (bicyclic) bond motifs is 6. The van der Waals surface area contributed by atoms with Gasteiger partial charge in [0.1, 0.15) is 28.3 Å². The minimum absolute atomic E-state index is 0.242. The van der Waals surface area contributed by atoms with Gasteiger partial charge in [0.15, 0.2) is 0 Å². The van der Waals surface area contributed by atoms with E-state index in [1.54, 1.807) is 0 Å². The summed E-state index contributed by atoms with van der Waals surface area (Å²) < 4.78 is 16.4. The molecule has 3 aromatic heterocycles. The Morgan fingerprint density at radius 1 is 0.518 bits per heavy atom. The molecule has 4 heteroatoms. The minimum Gasteiger partial charge on any atom is -0.456 e. The summed E-state index contributed by atoms with van der Waals surface area (Å²) in [5.41, 5.74) is 15.9. The normalized spacial score (nSPS) is 12.0. The van der Waals surface area contributed by atoms with Gasteiger partial charge < -0.3 is 8.83 Å². The number of benzene rings is 7. The van der Waals surface area contributed by atoms with Crippen molar-refractivity contribution in [1.29, 1.82) is 0 Å². The molecule has 0 N–H and O–H groups in total. The standard InChI is InChI=1S/C52H42N2O2/c1-31(2)40-27-38(35-19-11-7-12-20-35)28-41(32(3)4)49(40)54-44-24-16-15-23-43(44)53-52(54)42-30-46-47(33(5)50(56-46)36-21-13-8-14-22-36)48-39-26-25-37(29-45(39)55-51(42)48)34-17-9-6-10-18-34/h6-32H,1-5H3. The summed E-state index contributed by atoms with van der Waals surface area (Å²) >= 11 is 0. The van der Waals surface area contributed by atoms with Gasteiger partial charge in [-0.2, -0.15) is 0 Å². The summed E-state index contributed by atoms with van der Waals surface area (Å²) in [6, 6.07) is 53.6. The fourth-order valence-corrected chi connectivity index (χ4v) is 8.57. The van der Waals surface area contributed by atoms with E-state index in [0.717, 1.165) is 83.3 Å². The van der Waals surface area contributed by atoms with Crippen molar-refractivity contribution in [2.24, 2.45) is 0 Å². The molecular weight excluding hydrogens is 685 g/mol. The van der Waals surface area contributed by atoms with Crippen LogP contribution in [-0.4, -0.2) is 9.55 Å². The molecule has 0 unspecified atom stereocenters. The topological polar surface area (TPSA) is 44.1 Å². The van der Waals surface area contributed by atoms with E-state index in [2.05, 4.69) is 185 Å². The van der Waals surface area contributed by atoms with Gasteiger partial charge in [0.25, 0.3) is 0 Å². The largest absolute Gasteiger partial charge is 0.456 e. The van der Waals surface area contributed by atoms with E-state index in [9.17, 15) is 0 Å². The van der Waals surface area contributed by atoms with Crippen LogP contribution in [0.2, 0.25) is 0 Å². The second-order valence-corrected chi connectivity index (χ2v) is 15.5. The van der Waals surface area contributed by atoms with Crippen molar-refractivity contribution in [3.05, 3.63) is 168 Å². The Labute approximate surface area is 326 Å². The number of nitrogens with zero attached hydrogens (tertiary/aromatic N) is 2. The molecule has 10 aromatic rings. The number of hydrogen-bond donors (Lipinski definition) is 0. The molecule has 0 spiro atoms. The van der Waals surface area contributed by atoms with E-state index >= 15 is 0 Å². The monoisotopic (exact) mass is 726 g/mol. The highest BCUT2D eigenvalue weighted by atomic mass is 16.3. The van der Waals surface area contributed by atoms with E-state index in [-0.39, 0.29) is 11.8 Å². The fraction of sp³-hybridized carbons (Fsp3) is 0.135. The van der Waals surface area contributed by atoms with Crippen molar-refractivity contribution in [3.8, 4) is 50.7 Å². The predicted octanol–water partition coefficient (Wildman–Crippen LogP) is 14.9. The number of aromatic nitrogens is 2. The Morgan fingerprint density at radius 3 is 1.75 bits per heavy atom. The average molecular weight is 727 g/mol. The lowest BCUT2D eigenvalue weighted by atomic mass is 9.88. The maximum Gasteiger partial charge on any atom is 0.149 e. The second kappa shape index (κ2) is 13.3. The van der Waals surface area contributed by atoms with E-state index in [1.807, 2.05) is 6.07 Å². The molecule has 0 bridgehead atoms. The fourth-order valence-electron chi connectivity index (χ4n) is 8.57.